The molecule has 1 aliphatic rings. The van der Waals surface area contributed by atoms with Crippen LogP contribution in [0.15, 0.2) is 69.8 Å². The zero-order valence-electron chi connectivity index (χ0n) is 30.9. The average molecular weight is 855 g/mol. The summed E-state index contributed by atoms with van der Waals surface area (Å²) in [6.45, 7) is 21.8. The first-order valence-electron chi connectivity index (χ1n) is 17.6. The van der Waals surface area contributed by atoms with Crippen molar-refractivity contribution in [3.63, 3.8) is 0 Å². The Morgan fingerprint density at radius 2 is 1.59 bits per heavy atom. The van der Waals surface area contributed by atoms with Gasteiger partial charge in [0, 0.05) is 76.0 Å². The molecule has 0 fully saturated rings. The maximum atomic E-state index is 12.2. The first kappa shape index (κ1) is 38.7. The number of aliphatic imine (C=N–C) groups is 1. The van der Waals surface area contributed by atoms with Gasteiger partial charge < -0.3 is 14.5 Å². The molecule has 1 radical (unpaired) electrons. The van der Waals surface area contributed by atoms with E-state index in [1.54, 1.807) is 0 Å². The Kier molecular flexibility index (Phi) is 11.9. The van der Waals surface area contributed by atoms with Crippen molar-refractivity contribution < 1.29 is 34.4 Å². The number of nitrogens with zero attached hydrogens (tertiary/aromatic N) is 1. The van der Waals surface area contributed by atoms with Crippen LogP contribution in [-0.2, 0) is 36.7 Å². The SMILES string of the molecule is CCC(C)(CC)C(=O)/C=C(\O)C(C)(CC)CC.Cc1cc2c(ccc3sc4c(c32)C(c2[c-]c3ccccc3c(C(C)(C)C)c2)=NCC4)o1.[Ir]. The van der Waals surface area contributed by atoms with E-state index in [9.17, 15) is 9.90 Å². The van der Waals surface area contributed by atoms with Gasteiger partial charge in [0.1, 0.15) is 17.1 Å². The number of carbonyl (C=O) groups is 1. The van der Waals surface area contributed by atoms with Crippen LogP contribution in [0.4, 0.5) is 0 Å². The zero-order valence-corrected chi connectivity index (χ0v) is 34.1. The molecule has 0 aliphatic carbocycles. The Balaban J connectivity index is 0.000000260. The quantitative estimate of drug-likeness (QED) is 0.0961. The van der Waals surface area contributed by atoms with Gasteiger partial charge in [0.2, 0.25) is 0 Å². The molecule has 6 heteroatoms. The summed E-state index contributed by atoms with van der Waals surface area (Å²) in [7, 11) is 0. The Labute approximate surface area is 310 Å². The van der Waals surface area contributed by atoms with Gasteiger partial charge in [0.15, 0.2) is 5.78 Å². The fourth-order valence-corrected chi connectivity index (χ4v) is 7.75. The summed E-state index contributed by atoms with van der Waals surface area (Å²) in [5, 5.41) is 15.0. The second-order valence-corrected chi connectivity index (χ2v) is 16.0. The van der Waals surface area contributed by atoms with E-state index < -0.39 is 0 Å². The second-order valence-electron chi connectivity index (χ2n) is 14.9. The molecule has 3 aromatic carbocycles. The third kappa shape index (κ3) is 7.53. The van der Waals surface area contributed by atoms with E-state index in [1.165, 1.54) is 42.9 Å². The van der Waals surface area contributed by atoms with Gasteiger partial charge in [-0.05, 0) is 61.8 Å². The van der Waals surface area contributed by atoms with E-state index in [0.717, 1.165) is 66.7 Å². The van der Waals surface area contributed by atoms with Crippen molar-refractivity contribution in [1.29, 1.82) is 0 Å². The standard InChI is InChI=1S/C28H24NOS.C15H28O2.Ir/c1-16-13-20-22(30-16)9-10-23-25(20)26-24(31-23)11-12-29-27(26)18-14-17-7-5-6-8-19(17)21(15-18)28(2,3)4;1-7-14(5,8-2)12(16)11-13(17)15(6,9-3)10-4;/h5-10,13,15H,11-12H2,1-4H3;11,16H,7-10H2,1-6H3;/q-1;;/b;12-11-;. The van der Waals surface area contributed by atoms with Crippen LogP contribution >= 0.6 is 11.3 Å². The fraction of sp³-hybridized carbons (Fsp3) is 0.442. The average Bonchev–Trinajstić information content (AvgIpc) is 3.66. The summed E-state index contributed by atoms with van der Waals surface area (Å²) >= 11 is 1.90. The molecule has 5 aromatic rings. The minimum atomic E-state index is -0.337. The van der Waals surface area contributed by atoms with E-state index >= 15 is 0 Å². The Bertz CT molecular complexity index is 2030. The van der Waals surface area contributed by atoms with Gasteiger partial charge in [-0.15, -0.1) is 40.5 Å². The zero-order chi connectivity index (χ0) is 35.0. The first-order chi connectivity index (χ1) is 22.7. The number of allylic oxidation sites excluding steroid dienone is 2. The predicted octanol–water partition coefficient (Wildman–Crippen LogP) is 12.2. The van der Waals surface area contributed by atoms with E-state index in [4.69, 9.17) is 9.41 Å². The van der Waals surface area contributed by atoms with Crippen molar-refractivity contribution in [2.75, 3.05) is 6.54 Å². The van der Waals surface area contributed by atoms with Gasteiger partial charge in [0.05, 0.1) is 0 Å². The summed E-state index contributed by atoms with van der Waals surface area (Å²) in [5.41, 5.74) is 5.19. The summed E-state index contributed by atoms with van der Waals surface area (Å²) in [5.74, 6) is 1.23. The van der Waals surface area contributed by atoms with Gasteiger partial charge >= 0.3 is 0 Å². The number of aliphatic hydroxyl groups is 1. The van der Waals surface area contributed by atoms with Crippen LogP contribution in [0.3, 0.4) is 0 Å². The number of thiophene rings is 1. The van der Waals surface area contributed by atoms with Gasteiger partial charge in [-0.25, -0.2) is 0 Å². The molecule has 3 heterocycles. The number of hydrogen-bond donors (Lipinski definition) is 1. The van der Waals surface area contributed by atoms with Crippen molar-refractivity contribution in [3.05, 3.63) is 93.8 Å². The van der Waals surface area contributed by atoms with Crippen molar-refractivity contribution >= 4 is 54.7 Å². The van der Waals surface area contributed by atoms with Crippen LogP contribution in [0, 0.1) is 23.8 Å². The van der Waals surface area contributed by atoms with E-state index in [0.29, 0.717) is 0 Å². The predicted molar refractivity (Wildman–Crippen MR) is 205 cm³/mol. The Hall–Kier alpha value is -3.05. The van der Waals surface area contributed by atoms with Crippen LogP contribution in [0.1, 0.15) is 115 Å². The summed E-state index contributed by atoms with van der Waals surface area (Å²) in [4.78, 5) is 18.7. The number of benzene rings is 3. The maximum Gasteiger partial charge on any atom is 0.164 e. The summed E-state index contributed by atoms with van der Waals surface area (Å²) < 4.78 is 7.27. The Morgan fingerprint density at radius 3 is 2.22 bits per heavy atom. The fourth-order valence-electron chi connectivity index (χ4n) is 6.54. The molecule has 1 N–H and O–H groups in total. The molecule has 0 saturated carbocycles. The van der Waals surface area contributed by atoms with Crippen LogP contribution < -0.4 is 0 Å². The van der Waals surface area contributed by atoms with Crippen molar-refractivity contribution in [2.45, 2.75) is 107 Å². The number of aryl methyl sites for hydroxylation is 1. The number of rotatable bonds is 8. The summed E-state index contributed by atoms with van der Waals surface area (Å²) in [6, 6.07) is 21.1. The van der Waals surface area contributed by atoms with Gasteiger partial charge in [-0.1, -0.05) is 91.5 Å². The van der Waals surface area contributed by atoms with E-state index in [1.807, 2.05) is 59.8 Å². The molecule has 49 heavy (non-hydrogen) atoms. The minimum Gasteiger partial charge on any atom is -0.512 e. The molecular formula is C43H52IrNO3S-. The second kappa shape index (κ2) is 15.1. The van der Waals surface area contributed by atoms with Gasteiger partial charge in [-0.3, -0.25) is 4.79 Å². The normalized spacial score (nSPS) is 13.9. The topological polar surface area (TPSA) is 62.8 Å². The molecule has 0 saturated heterocycles. The smallest absolute Gasteiger partial charge is 0.164 e. The van der Waals surface area contributed by atoms with Gasteiger partial charge in [-0.2, -0.15) is 0 Å². The molecule has 0 amide bonds. The molecule has 0 spiro atoms. The third-order valence-electron chi connectivity index (χ3n) is 10.8. The van der Waals surface area contributed by atoms with Crippen molar-refractivity contribution in [1.82, 2.24) is 0 Å². The van der Waals surface area contributed by atoms with Crippen LogP contribution in [0.2, 0.25) is 0 Å². The molecule has 6 rings (SSSR count). The van der Waals surface area contributed by atoms with E-state index in [2.05, 4.69) is 75.4 Å². The molecule has 0 bridgehead atoms. The molecule has 263 valence electrons. The molecule has 0 unspecified atom stereocenters. The molecular weight excluding hydrogens is 803 g/mol. The van der Waals surface area contributed by atoms with Crippen molar-refractivity contribution in [2.24, 2.45) is 15.8 Å². The monoisotopic (exact) mass is 855 g/mol. The number of fused-ring (bicyclic) bond motifs is 6. The number of ketones is 1. The first-order valence-corrected chi connectivity index (χ1v) is 18.4. The van der Waals surface area contributed by atoms with Gasteiger partial charge in [0.25, 0.3) is 0 Å². The van der Waals surface area contributed by atoms with Crippen LogP contribution in [-0.4, -0.2) is 23.1 Å². The van der Waals surface area contributed by atoms with E-state index in [-0.39, 0.29) is 47.9 Å². The maximum absolute atomic E-state index is 12.2. The van der Waals surface area contributed by atoms with Crippen LogP contribution in [0.5, 0.6) is 0 Å². The molecule has 1 aliphatic heterocycles. The minimum absolute atomic E-state index is 0. The number of furan rings is 1. The molecule has 4 nitrogen and oxygen atoms in total. The van der Waals surface area contributed by atoms with Crippen LogP contribution in [0.25, 0.3) is 31.8 Å². The number of carbonyl (C=O) groups excluding carboxylic acids is 1. The third-order valence-corrected chi connectivity index (χ3v) is 12.0. The molecule has 0 atom stereocenters. The number of aliphatic hydroxyl groups excluding tert-OH is 1. The largest absolute Gasteiger partial charge is 0.512 e. The molecule has 2 aromatic heterocycles. The summed E-state index contributed by atoms with van der Waals surface area (Å²) in [6.07, 6.45) is 5.75. The number of hydrogen-bond acceptors (Lipinski definition) is 5. The van der Waals surface area contributed by atoms with Crippen molar-refractivity contribution in [3.8, 4) is 0 Å². The Morgan fingerprint density at radius 1 is 0.939 bits per heavy atom.